The number of aromatic nitrogens is 2. The Kier molecular flexibility index (Phi) is 6.35. The summed E-state index contributed by atoms with van der Waals surface area (Å²) in [5.41, 5.74) is 2.41. The number of carbonyl (C=O) groups excluding carboxylic acids is 1. The third-order valence-electron chi connectivity index (χ3n) is 4.01. The SMILES string of the molecule is COc1cccc(Nc2cc(C(=O)NCCCc3ccccc3)ncn2)c1. The summed E-state index contributed by atoms with van der Waals surface area (Å²) in [6.45, 7) is 0.594. The van der Waals surface area contributed by atoms with Gasteiger partial charge in [-0.05, 0) is 30.5 Å². The van der Waals surface area contributed by atoms with E-state index < -0.39 is 0 Å². The number of methoxy groups -OCH3 is 1. The predicted molar refractivity (Wildman–Crippen MR) is 105 cm³/mol. The van der Waals surface area contributed by atoms with Crippen molar-refractivity contribution in [2.24, 2.45) is 0 Å². The van der Waals surface area contributed by atoms with Gasteiger partial charge in [-0.15, -0.1) is 0 Å². The maximum Gasteiger partial charge on any atom is 0.270 e. The second-order valence-corrected chi connectivity index (χ2v) is 5.99. The highest BCUT2D eigenvalue weighted by Crippen LogP contribution is 2.20. The molecule has 0 aliphatic rings. The zero-order valence-electron chi connectivity index (χ0n) is 15.2. The maximum atomic E-state index is 12.3. The molecule has 1 aromatic heterocycles. The van der Waals surface area contributed by atoms with Crippen LogP contribution in [0.2, 0.25) is 0 Å². The fraction of sp³-hybridized carbons (Fsp3) is 0.190. The number of anilines is 2. The van der Waals surface area contributed by atoms with Crippen LogP contribution in [-0.4, -0.2) is 29.5 Å². The first-order valence-corrected chi connectivity index (χ1v) is 8.80. The molecule has 2 aromatic carbocycles. The number of nitrogens with zero attached hydrogens (tertiary/aromatic N) is 2. The highest BCUT2D eigenvalue weighted by atomic mass is 16.5. The first-order chi connectivity index (χ1) is 13.2. The lowest BCUT2D eigenvalue weighted by Gasteiger charge is -2.09. The second kappa shape index (κ2) is 9.33. The number of amides is 1. The summed E-state index contributed by atoms with van der Waals surface area (Å²) >= 11 is 0. The first kappa shape index (κ1) is 18.4. The van der Waals surface area contributed by atoms with Gasteiger partial charge in [-0.25, -0.2) is 9.97 Å². The summed E-state index contributed by atoms with van der Waals surface area (Å²) in [5, 5.41) is 6.05. The highest BCUT2D eigenvalue weighted by molar-refractivity contribution is 5.92. The lowest BCUT2D eigenvalue weighted by atomic mass is 10.1. The summed E-state index contributed by atoms with van der Waals surface area (Å²) in [4.78, 5) is 20.5. The molecule has 0 spiro atoms. The van der Waals surface area contributed by atoms with E-state index in [9.17, 15) is 4.79 Å². The molecule has 1 heterocycles. The van der Waals surface area contributed by atoms with Crippen molar-refractivity contribution < 1.29 is 9.53 Å². The fourth-order valence-corrected chi connectivity index (χ4v) is 2.63. The number of aryl methyl sites for hydroxylation is 1. The molecule has 138 valence electrons. The number of nitrogens with one attached hydrogen (secondary N) is 2. The standard InChI is InChI=1S/C21H22N4O2/c1-27-18-11-5-10-17(13-18)25-20-14-19(23-15-24-20)21(26)22-12-6-9-16-7-3-2-4-8-16/h2-5,7-8,10-11,13-15H,6,9,12H2,1H3,(H,22,26)(H,23,24,25). The van der Waals surface area contributed by atoms with Crippen LogP contribution in [0.3, 0.4) is 0 Å². The number of rotatable bonds is 8. The van der Waals surface area contributed by atoms with Crippen LogP contribution in [0, 0.1) is 0 Å². The van der Waals surface area contributed by atoms with E-state index in [1.807, 2.05) is 42.5 Å². The molecule has 1 amide bonds. The topological polar surface area (TPSA) is 76.1 Å². The smallest absolute Gasteiger partial charge is 0.270 e. The van der Waals surface area contributed by atoms with Crippen LogP contribution < -0.4 is 15.4 Å². The lowest BCUT2D eigenvalue weighted by Crippen LogP contribution is -2.25. The van der Waals surface area contributed by atoms with Crippen molar-refractivity contribution in [3.63, 3.8) is 0 Å². The molecule has 3 rings (SSSR count). The Hall–Kier alpha value is -3.41. The molecular weight excluding hydrogens is 340 g/mol. The van der Waals surface area contributed by atoms with Crippen LogP contribution in [0.1, 0.15) is 22.5 Å². The van der Waals surface area contributed by atoms with E-state index in [2.05, 4.69) is 32.7 Å². The van der Waals surface area contributed by atoms with Crippen molar-refractivity contribution in [3.05, 3.63) is 78.2 Å². The molecule has 0 atom stereocenters. The van der Waals surface area contributed by atoms with Gasteiger partial charge in [0.25, 0.3) is 5.91 Å². The maximum absolute atomic E-state index is 12.3. The Morgan fingerprint density at radius 3 is 2.70 bits per heavy atom. The zero-order chi connectivity index (χ0) is 18.9. The average Bonchev–Trinajstić information content (AvgIpc) is 2.72. The van der Waals surface area contributed by atoms with Crippen molar-refractivity contribution in [2.75, 3.05) is 19.0 Å². The minimum atomic E-state index is -0.209. The molecule has 0 unspecified atom stereocenters. The Balaban J connectivity index is 1.53. The van der Waals surface area contributed by atoms with Crippen LogP contribution in [0.15, 0.2) is 67.0 Å². The van der Waals surface area contributed by atoms with E-state index in [0.717, 1.165) is 24.3 Å². The Morgan fingerprint density at radius 2 is 1.89 bits per heavy atom. The van der Waals surface area contributed by atoms with Crippen molar-refractivity contribution in [1.82, 2.24) is 15.3 Å². The molecule has 0 aliphatic heterocycles. The van der Waals surface area contributed by atoms with Gasteiger partial charge in [0.1, 0.15) is 23.6 Å². The van der Waals surface area contributed by atoms with E-state index in [4.69, 9.17) is 4.74 Å². The molecule has 0 radical (unpaired) electrons. The molecule has 3 aromatic rings. The van der Waals surface area contributed by atoms with Gasteiger partial charge in [0.15, 0.2) is 0 Å². The molecule has 0 aliphatic carbocycles. The minimum absolute atomic E-state index is 0.209. The third kappa shape index (κ3) is 5.54. The largest absolute Gasteiger partial charge is 0.497 e. The summed E-state index contributed by atoms with van der Waals surface area (Å²) < 4.78 is 5.20. The highest BCUT2D eigenvalue weighted by Gasteiger charge is 2.08. The van der Waals surface area contributed by atoms with E-state index >= 15 is 0 Å². The third-order valence-corrected chi connectivity index (χ3v) is 4.01. The van der Waals surface area contributed by atoms with Gasteiger partial charge in [0, 0.05) is 24.4 Å². The molecule has 0 fully saturated rings. The molecular formula is C21H22N4O2. The van der Waals surface area contributed by atoms with E-state index in [1.54, 1.807) is 13.2 Å². The van der Waals surface area contributed by atoms with Gasteiger partial charge in [-0.1, -0.05) is 36.4 Å². The van der Waals surface area contributed by atoms with Gasteiger partial charge < -0.3 is 15.4 Å². The normalized spacial score (nSPS) is 10.3. The molecule has 0 saturated carbocycles. The van der Waals surface area contributed by atoms with Crippen LogP contribution in [0.4, 0.5) is 11.5 Å². The van der Waals surface area contributed by atoms with Gasteiger partial charge in [-0.2, -0.15) is 0 Å². The first-order valence-electron chi connectivity index (χ1n) is 8.80. The Labute approximate surface area is 158 Å². The van der Waals surface area contributed by atoms with Crippen LogP contribution in [-0.2, 0) is 6.42 Å². The molecule has 6 heteroatoms. The van der Waals surface area contributed by atoms with Gasteiger partial charge in [-0.3, -0.25) is 4.79 Å². The molecule has 27 heavy (non-hydrogen) atoms. The number of benzene rings is 2. The molecule has 6 nitrogen and oxygen atoms in total. The number of hydrogen-bond acceptors (Lipinski definition) is 5. The van der Waals surface area contributed by atoms with Crippen molar-refractivity contribution in [2.45, 2.75) is 12.8 Å². The van der Waals surface area contributed by atoms with Crippen molar-refractivity contribution in [1.29, 1.82) is 0 Å². The molecule has 0 saturated heterocycles. The second-order valence-electron chi connectivity index (χ2n) is 5.99. The van der Waals surface area contributed by atoms with Gasteiger partial charge >= 0.3 is 0 Å². The van der Waals surface area contributed by atoms with Crippen LogP contribution in [0.5, 0.6) is 5.75 Å². The van der Waals surface area contributed by atoms with E-state index in [0.29, 0.717) is 18.1 Å². The fourth-order valence-electron chi connectivity index (χ4n) is 2.63. The van der Waals surface area contributed by atoms with E-state index in [1.165, 1.54) is 11.9 Å². The molecule has 0 bridgehead atoms. The number of hydrogen-bond donors (Lipinski definition) is 2. The molecule has 2 N–H and O–H groups in total. The predicted octanol–water partition coefficient (Wildman–Crippen LogP) is 3.59. The summed E-state index contributed by atoms with van der Waals surface area (Å²) in [6.07, 6.45) is 3.17. The monoisotopic (exact) mass is 362 g/mol. The average molecular weight is 362 g/mol. The van der Waals surface area contributed by atoms with Gasteiger partial charge in [0.2, 0.25) is 0 Å². The van der Waals surface area contributed by atoms with Gasteiger partial charge in [0.05, 0.1) is 7.11 Å². The quantitative estimate of drug-likeness (QED) is 0.599. The van der Waals surface area contributed by atoms with Crippen molar-refractivity contribution in [3.8, 4) is 5.75 Å². The summed E-state index contributed by atoms with van der Waals surface area (Å²) in [5.74, 6) is 1.08. The van der Waals surface area contributed by atoms with E-state index in [-0.39, 0.29) is 5.91 Å². The minimum Gasteiger partial charge on any atom is -0.497 e. The van der Waals surface area contributed by atoms with Crippen LogP contribution >= 0.6 is 0 Å². The number of carbonyl (C=O) groups is 1. The van der Waals surface area contributed by atoms with Crippen LogP contribution in [0.25, 0.3) is 0 Å². The lowest BCUT2D eigenvalue weighted by molar-refractivity contribution is 0.0948. The zero-order valence-corrected chi connectivity index (χ0v) is 15.2. The number of ether oxygens (including phenoxy) is 1. The summed E-state index contributed by atoms with van der Waals surface area (Å²) in [7, 11) is 1.62. The Morgan fingerprint density at radius 1 is 1.04 bits per heavy atom. The van der Waals surface area contributed by atoms with Crippen molar-refractivity contribution >= 4 is 17.4 Å². The Bertz CT molecular complexity index is 884. The summed E-state index contributed by atoms with van der Waals surface area (Å²) in [6, 6.07) is 19.3.